The van der Waals surface area contributed by atoms with Gasteiger partial charge >= 0.3 is 0 Å². The topological polar surface area (TPSA) is 27.3 Å². The standard InChI is InChI=1S/C40H42BCl2N3/c1-24(2)27-20-30(25(3)4)40(31(21-27)26(5)6)41-32-22-28(44-36-14-10-8-12-34(36)42)16-18-38(32)46(7)39-19-17-29(23-33(39)41)45-37-15-11-9-13-35(37)43/h8-26,44-45H,1-7H3. The highest BCUT2D eigenvalue weighted by Crippen LogP contribution is 2.35. The molecule has 1 aliphatic heterocycles. The maximum absolute atomic E-state index is 6.59. The summed E-state index contributed by atoms with van der Waals surface area (Å²) < 4.78 is 0. The lowest BCUT2D eigenvalue weighted by atomic mass is 9.33. The van der Waals surface area contributed by atoms with Gasteiger partial charge in [0.05, 0.1) is 21.4 Å². The SMILES string of the molecule is CC(C)c1cc(C(C)C)c(B2c3cc(Nc4ccccc4Cl)ccc3N(C)c3ccc(Nc4ccccc4Cl)cc32)c(C(C)C)c1. The lowest BCUT2D eigenvalue weighted by Crippen LogP contribution is -2.59. The van der Waals surface area contributed by atoms with Gasteiger partial charge in [-0.25, -0.2) is 0 Å². The Morgan fingerprint density at radius 3 is 1.39 bits per heavy atom. The first-order chi connectivity index (χ1) is 22.0. The molecule has 0 amide bonds. The normalized spacial score (nSPS) is 12.5. The van der Waals surface area contributed by atoms with Gasteiger partial charge in [0.1, 0.15) is 0 Å². The number of hydrogen-bond acceptors (Lipinski definition) is 3. The Balaban J connectivity index is 1.61. The molecule has 0 spiro atoms. The molecule has 0 bridgehead atoms. The highest BCUT2D eigenvalue weighted by Gasteiger charge is 2.37. The molecular weight excluding hydrogens is 604 g/mol. The fraction of sp³-hybridized carbons (Fsp3) is 0.250. The van der Waals surface area contributed by atoms with Crippen LogP contribution in [0, 0.1) is 0 Å². The quantitative estimate of drug-likeness (QED) is 0.164. The molecule has 0 aromatic heterocycles. The summed E-state index contributed by atoms with van der Waals surface area (Å²) >= 11 is 13.2. The number of nitrogens with one attached hydrogen (secondary N) is 2. The van der Waals surface area contributed by atoms with Gasteiger partial charge in [-0.05, 0) is 106 Å². The summed E-state index contributed by atoms with van der Waals surface area (Å²) in [5.74, 6) is 1.15. The van der Waals surface area contributed by atoms with Crippen LogP contribution < -0.4 is 31.9 Å². The van der Waals surface area contributed by atoms with Crippen molar-refractivity contribution in [2.24, 2.45) is 0 Å². The molecule has 234 valence electrons. The molecule has 1 aliphatic rings. The zero-order valence-corrected chi connectivity index (χ0v) is 29.3. The summed E-state index contributed by atoms with van der Waals surface area (Å²) in [5, 5.41) is 8.60. The lowest BCUT2D eigenvalue weighted by Gasteiger charge is -2.37. The highest BCUT2D eigenvalue weighted by molar-refractivity contribution is 6.98. The number of rotatable bonds is 8. The molecule has 2 N–H and O–H groups in total. The Morgan fingerprint density at radius 1 is 0.565 bits per heavy atom. The molecule has 0 unspecified atom stereocenters. The molecule has 3 nitrogen and oxygen atoms in total. The average molecular weight is 647 g/mol. The zero-order chi connectivity index (χ0) is 32.7. The Bertz CT molecular complexity index is 1770. The van der Waals surface area contributed by atoms with Crippen LogP contribution in [-0.4, -0.2) is 13.8 Å². The molecule has 5 aromatic carbocycles. The van der Waals surface area contributed by atoms with Crippen molar-refractivity contribution >= 4 is 80.4 Å². The van der Waals surface area contributed by atoms with E-state index in [-0.39, 0.29) is 6.71 Å². The van der Waals surface area contributed by atoms with E-state index in [0.717, 1.165) is 22.7 Å². The van der Waals surface area contributed by atoms with E-state index in [1.807, 2.05) is 48.5 Å². The van der Waals surface area contributed by atoms with Gasteiger partial charge < -0.3 is 15.5 Å². The number of para-hydroxylation sites is 2. The minimum Gasteiger partial charge on any atom is -0.354 e. The van der Waals surface area contributed by atoms with E-state index in [0.29, 0.717) is 27.8 Å². The minimum atomic E-state index is 0.0122. The van der Waals surface area contributed by atoms with Crippen LogP contribution in [0.2, 0.25) is 10.0 Å². The molecule has 6 rings (SSSR count). The van der Waals surface area contributed by atoms with Gasteiger partial charge in [0.25, 0.3) is 0 Å². The average Bonchev–Trinajstić information content (AvgIpc) is 3.03. The third-order valence-electron chi connectivity index (χ3n) is 9.17. The smallest absolute Gasteiger partial charge is 0.247 e. The largest absolute Gasteiger partial charge is 0.354 e. The lowest BCUT2D eigenvalue weighted by molar-refractivity contribution is 0.812. The Hall–Kier alpha value is -3.86. The maximum Gasteiger partial charge on any atom is 0.247 e. The fourth-order valence-corrected chi connectivity index (χ4v) is 7.09. The molecular formula is C40H42BCl2N3. The highest BCUT2D eigenvalue weighted by atomic mass is 35.5. The first kappa shape index (κ1) is 32.1. The number of benzene rings is 5. The molecule has 0 saturated heterocycles. The van der Waals surface area contributed by atoms with Crippen LogP contribution in [0.15, 0.2) is 97.1 Å². The van der Waals surface area contributed by atoms with Crippen LogP contribution in [0.25, 0.3) is 0 Å². The van der Waals surface area contributed by atoms with Crippen LogP contribution in [0.1, 0.15) is 76.0 Å². The molecule has 0 atom stereocenters. The number of nitrogens with zero attached hydrogens (tertiary/aromatic N) is 1. The summed E-state index contributed by atoms with van der Waals surface area (Å²) in [6.07, 6.45) is 0. The third kappa shape index (κ3) is 6.13. The first-order valence-corrected chi connectivity index (χ1v) is 17.0. The van der Waals surface area contributed by atoms with E-state index >= 15 is 0 Å². The van der Waals surface area contributed by atoms with Gasteiger partial charge in [-0.3, -0.25) is 0 Å². The Kier molecular flexibility index (Phi) is 9.14. The molecule has 0 radical (unpaired) electrons. The summed E-state index contributed by atoms with van der Waals surface area (Å²) in [6, 6.07) is 34.2. The van der Waals surface area contributed by atoms with Crippen LogP contribution in [0.3, 0.4) is 0 Å². The molecule has 1 heterocycles. The Morgan fingerprint density at radius 2 is 1.00 bits per heavy atom. The number of halogens is 2. The zero-order valence-electron chi connectivity index (χ0n) is 27.8. The van der Waals surface area contributed by atoms with E-state index < -0.39 is 0 Å². The van der Waals surface area contributed by atoms with Gasteiger partial charge in [0, 0.05) is 29.8 Å². The first-order valence-electron chi connectivity index (χ1n) is 16.3. The third-order valence-corrected chi connectivity index (χ3v) is 9.83. The second-order valence-corrected chi connectivity index (χ2v) is 14.1. The number of fused-ring (bicyclic) bond motifs is 2. The molecule has 0 aliphatic carbocycles. The molecule has 0 fully saturated rings. The van der Waals surface area contributed by atoms with Crippen LogP contribution in [0.4, 0.5) is 34.1 Å². The van der Waals surface area contributed by atoms with E-state index in [9.17, 15) is 0 Å². The minimum absolute atomic E-state index is 0.0122. The van der Waals surface area contributed by atoms with Crippen molar-refractivity contribution in [2.45, 2.75) is 59.3 Å². The van der Waals surface area contributed by atoms with E-state index in [2.05, 4.69) is 113 Å². The van der Waals surface area contributed by atoms with Crippen molar-refractivity contribution in [1.29, 1.82) is 0 Å². The van der Waals surface area contributed by atoms with E-state index in [4.69, 9.17) is 23.2 Å². The monoisotopic (exact) mass is 645 g/mol. The summed E-state index contributed by atoms with van der Waals surface area (Å²) in [7, 11) is 2.17. The van der Waals surface area contributed by atoms with Crippen molar-refractivity contribution in [2.75, 3.05) is 22.6 Å². The fourth-order valence-electron chi connectivity index (χ4n) is 6.73. The Labute approximate surface area is 285 Å². The van der Waals surface area contributed by atoms with Crippen LogP contribution in [0.5, 0.6) is 0 Å². The van der Waals surface area contributed by atoms with E-state index in [1.54, 1.807) is 0 Å². The second-order valence-electron chi connectivity index (χ2n) is 13.3. The van der Waals surface area contributed by atoms with Crippen LogP contribution >= 0.6 is 23.2 Å². The van der Waals surface area contributed by atoms with Crippen molar-refractivity contribution in [3.63, 3.8) is 0 Å². The second kappa shape index (κ2) is 13.1. The summed E-state index contributed by atoms with van der Waals surface area (Å²) in [5.41, 5.74) is 14.4. The molecule has 46 heavy (non-hydrogen) atoms. The van der Waals surface area contributed by atoms with Crippen molar-refractivity contribution in [3.05, 3.63) is 124 Å². The summed E-state index contributed by atoms with van der Waals surface area (Å²) in [6.45, 7) is 13.9. The molecule has 0 saturated carbocycles. The van der Waals surface area contributed by atoms with Crippen molar-refractivity contribution < 1.29 is 0 Å². The maximum atomic E-state index is 6.59. The van der Waals surface area contributed by atoms with Gasteiger partial charge in [0.2, 0.25) is 6.71 Å². The number of hydrogen-bond donors (Lipinski definition) is 2. The summed E-state index contributed by atoms with van der Waals surface area (Å²) in [4.78, 5) is 2.33. The van der Waals surface area contributed by atoms with E-state index in [1.165, 1.54) is 44.5 Å². The van der Waals surface area contributed by atoms with Crippen molar-refractivity contribution in [1.82, 2.24) is 0 Å². The van der Waals surface area contributed by atoms with Gasteiger partial charge in [-0.15, -0.1) is 0 Å². The molecule has 5 aromatic rings. The van der Waals surface area contributed by atoms with Gasteiger partial charge in [-0.2, -0.15) is 0 Å². The molecule has 6 heteroatoms. The van der Waals surface area contributed by atoms with Crippen molar-refractivity contribution in [3.8, 4) is 0 Å². The number of anilines is 6. The van der Waals surface area contributed by atoms with Gasteiger partial charge in [-0.1, -0.05) is 107 Å². The predicted octanol–water partition coefficient (Wildman–Crippen LogP) is 10.4. The predicted molar refractivity (Wildman–Crippen MR) is 204 cm³/mol. The van der Waals surface area contributed by atoms with Crippen LogP contribution in [-0.2, 0) is 0 Å². The van der Waals surface area contributed by atoms with Gasteiger partial charge in [0.15, 0.2) is 0 Å².